The van der Waals surface area contributed by atoms with Crippen LogP contribution in [0.25, 0.3) is 0 Å². The van der Waals surface area contributed by atoms with Crippen LogP contribution in [-0.2, 0) is 0 Å². The molecular weight excluding hydrogens is 260 g/mol. The van der Waals surface area contributed by atoms with Crippen LogP contribution in [0.15, 0.2) is 48.7 Å². The van der Waals surface area contributed by atoms with Gasteiger partial charge in [0.2, 0.25) is 0 Å². The van der Waals surface area contributed by atoms with Gasteiger partial charge >= 0.3 is 0 Å². The van der Waals surface area contributed by atoms with E-state index in [1.807, 2.05) is 37.3 Å². The van der Waals surface area contributed by atoms with Gasteiger partial charge in [0, 0.05) is 17.3 Å². The molecule has 1 heterocycles. The fourth-order valence-corrected chi connectivity index (χ4v) is 1.91. The standard InChI is InChI=1S/C15H17ClN2O/c1-2-13(17)15(14-5-3-4-10-18-14)19-12-8-6-11(16)7-9-12/h3-10,13,15H,2,17H2,1H3. The Balaban J connectivity index is 2.21. The summed E-state index contributed by atoms with van der Waals surface area (Å²) >= 11 is 5.86. The van der Waals surface area contributed by atoms with Crippen molar-refractivity contribution in [1.82, 2.24) is 4.98 Å². The minimum absolute atomic E-state index is 0.106. The quantitative estimate of drug-likeness (QED) is 0.908. The molecule has 4 heteroatoms. The lowest BCUT2D eigenvalue weighted by Crippen LogP contribution is -2.32. The van der Waals surface area contributed by atoms with Crippen molar-refractivity contribution in [1.29, 1.82) is 0 Å². The number of pyridine rings is 1. The van der Waals surface area contributed by atoms with Gasteiger partial charge in [0.15, 0.2) is 6.10 Å². The summed E-state index contributed by atoms with van der Waals surface area (Å²) in [6.07, 6.45) is 2.30. The zero-order chi connectivity index (χ0) is 13.7. The first-order valence-corrected chi connectivity index (χ1v) is 6.67. The molecule has 1 aromatic heterocycles. The summed E-state index contributed by atoms with van der Waals surface area (Å²) in [6, 6.07) is 12.9. The van der Waals surface area contributed by atoms with E-state index in [1.54, 1.807) is 18.3 Å². The Morgan fingerprint density at radius 2 is 1.95 bits per heavy atom. The molecule has 2 N–H and O–H groups in total. The van der Waals surface area contributed by atoms with Crippen LogP contribution in [0.2, 0.25) is 5.02 Å². The minimum atomic E-state index is -0.257. The third-order valence-electron chi connectivity index (χ3n) is 2.92. The van der Waals surface area contributed by atoms with Gasteiger partial charge in [-0.25, -0.2) is 0 Å². The van der Waals surface area contributed by atoms with Crippen molar-refractivity contribution in [3.8, 4) is 5.75 Å². The lowest BCUT2D eigenvalue weighted by Gasteiger charge is -2.23. The summed E-state index contributed by atoms with van der Waals surface area (Å²) in [4.78, 5) is 4.33. The number of nitrogens with two attached hydrogens (primary N) is 1. The second kappa shape index (κ2) is 6.55. The van der Waals surface area contributed by atoms with Gasteiger partial charge in [-0.2, -0.15) is 0 Å². The molecule has 0 aliphatic carbocycles. The smallest absolute Gasteiger partial charge is 0.155 e. The number of rotatable bonds is 5. The highest BCUT2D eigenvalue weighted by Crippen LogP contribution is 2.25. The number of ether oxygens (including phenoxy) is 1. The summed E-state index contributed by atoms with van der Waals surface area (Å²) in [5.41, 5.74) is 6.98. The van der Waals surface area contributed by atoms with Crippen LogP contribution in [0.4, 0.5) is 0 Å². The third kappa shape index (κ3) is 3.69. The molecule has 0 saturated heterocycles. The highest BCUT2D eigenvalue weighted by atomic mass is 35.5. The SMILES string of the molecule is CCC(N)C(Oc1ccc(Cl)cc1)c1ccccn1. The molecule has 0 aliphatic rings. The molecule has 2 aromatic rings. The van der Waals surface area contributed by atoms with Crippen LogP contribution in [0.3, 0.4) is 0 Å². The van der Waals surface area contributed by atoms with Crippen molar-refractivity contribution >= 4 is 11.6 Å². The van der Waals surface area contributed by atoms with Gasteiger partial charge in [-0.3, -0.25) is 4.98 Å². The molecule has 0 bridgehead atoms. The highest BCUT2D eigenvalue weighted by molar-refractivity contribution is 6.30. The van der Waals surface area contributed by atoms with Crippen molar-refractivity contribution in [2.75, 3.05) is 0 Å². The molecule has 19 heavy (non-hydrogen) atoms. The summed E-state index contributed by atoms with van der Waals surface area (Å²) in [5, 5.41) is 0.682. The summed E-state index contributed by atoms with van der Waals surface area (Å²) in [5.74, 6) is 0.740. The fourth-order valence-electron chi connectivity index (χ4n) is 1.79. The fraction of sp³-hybridized carbons (Fsp3) is 0.267. The van der Waals surface area contributed by atoms with Gasteiger partial charge in [0.25, 0.3) is 0 Å². The van der Waals surface area contributed by atoms with Gasteiger partial charge in [-0.05, 0) is 42.8 Å². The van der Waals surface area contributed by atoms with Gasteiger partial charge in [-0.15, -0.1) is 0 Å². The molecule has 2 unspecified atom stereocenters. The molecule has 0 aliphatic heterocycles. The Morgan fingerprint density at radius 1 is 1.21 bits per heavy atom. The molecule has 0 radical (unpaired) electrons. The second-order valence-electron chi connectivity index (χ2n) is 4.32. The van der Waals surface area contributed by atoms with Crippen molar-refractivity contribution in [2.45, 2.75) is 25.5 Å². The number of aromatic nitrogens is 1. The van der Waals surface area contributed by atoms with E-state index in [-0.39, 0.29) is 12.1 Å². The van der Waals surface area contributed by atoms with E-state index in [4.69, 9.17) is 22.1 Å². The molecule has 0 saturated carbocycles. The average molecular weight is 277 g/mol. The number of nitrogens with zero attached hydrogens (tertiary/aromatic N) is 1. The first-order chi connectivity index (χ1) is 9.20. The third-order valence-corrected chi connectivity index (χ3v) is 3.17. The van der Waals surface area contributed by atoms with Gasteiger partial charge in [-0.1, -0.05) is 24.6 Å². The molecule has 2 atom stereocenters. The van der Waals surface area contributed by atoms with Crippen LogP contribution in [-0.4, -0.2) is 11.0 Å². The zero-order valence-electron chi connectivity index (χ0n) is 10.8. The van der Waals surface area contributed by atoms with E-state index < -0.39 is 0 Å². The van der Waals surface area contributed by atoms with E-state index >= 15 is 0 Å². The first-order valence-electron chi connectivity index (χ1n) is 6.29. The van der Waals surface area contributed by atoms with Crippen LogP contribution in [0, 0.1) is 0 Å². The summed E-state index contributed by atoms with van der Waals surface area (Å²) < 4.78 is 5.96. The topological polar surface area (TPSA) is 48.1 Å². The van der Waals surface area contributed by atoms with Crippen molar-refractivity contribution in [3.05, 3.63) is 59.4 Å². The Bertz CT molecular complexity index is 501. The van der Waals surface area contributed by atoms with Crippen LogP contribution in [0.1, 0.15) is 25.1 Å². The Kier molecular flexibility index (Phi) is 4.77. The monoisotopic (exact) mass is 276 g/mol. The van der Waals surface area contributed by atoms with Gasteiger partial charge < -0.3 is 10.5 Å². The van der Waals surface area contributed by atoms with E-state index in [9.17, 15) is 0 Å². The van der Waals surface area contributed by atoms with E-state index in [0.717, 1.165) is 17.9 Å². The largest absolute Gasteiger partial charge is 0.482 e. The van der Waals surface area contributed by atoms with Crippen molar-refractivity contribution < 1.29 is 4.74 Å². The number of hydrogen-bond acceptors (Lipinski definition) is 3. The predicted octanol–water partition coefficient (Wildman–Crippen LogP) is 3.59. The van der Waals surface area contributed by atoms with Crippen molar-refractivity contribution in [2.24, 2.45) is 5.73 Å². The van der Waals surface area contributed by atoms with Crippen molar-refractivity contribution in [3.63, 3.8) is 0 Å². The summed E-state index contributed by atoms with van der Waals surface area (Å²) in [7, 11) is 0. The lowest BCUT2D eigenvalue weighted by atomic mass is 10.1. The maximum atomic E-state index is 6.14. The number of benzene rings is 1. The zero-order valence-corrected chi connectivity index (χ0v) is 11.5. The minimum Gasteiger partial charge on any atom is -0.482 e. The van der Waals surface area contributed by atoms with E-state index in [2.05, 4.69) is 4.98 Å². The van der Waals surface area contributed by atoms with Gasteiger partial charge in [0.05, 0.1) is 5.69 Å². The molecule has 3 nitrogen and oxygen atoms in total. The Morgan fingerprint density at radius 3 is 2.53 bits per heavy atom. The summed E-state index contributed by atoms with van der Waals surface area (Å²) in [6.45, 7) is 2.03. The predicted molar refractivity (Wildman–Crippen MR) is 77.3 cm³/mol. The second-order valence-corrected chi connectivity index (χ2v) is 4.76. The number of halogens is 1. The van der Waals surface area contributed by atoms with E-state index in [1.165, 1.54) is 0 Å². The van der Waals surface area contributed by atoms with Crippen LogP contribution in [0.5, 0.6) is 5.75 Å². The molecule has 100 valence electrons. The normalized spacial score (nSPS) is 13.8. The lowest BCUT2D eigenvalue weighted by molar-refractivity contribution is 0.166. The van der Waals surface area contributed by atoms with Crippen LogP contribution < -0.4 is 10.5 Å². The van der Waals surface area contributed by atoms with Crippen LogP contribution >= 0.6 is 11.6 Å². The molecular formula is C15H17ClN2O. The maximum Gasteiger partial charge on any atom is 0.155 e. The highest BCUT2D eigenvalue weighted by Gasteiger charge is 2.21. The molecule has 0 amide bonds. The number of hydrogen-bond donors (Lipinski definition) is 1. The molecule has 2 rings (SSSR count). The van der Waals surface area contributed by atoms with Gasteiger partial charge in [0.1, 0.15) is 5.75 Å². The molecule has 1 aromatic carbocycles. The molecule has 0 fully saturated rings. The maximum absolute atomic E-state index is 6.14. The molecule has 0 spiro atoms. The van der Waals surface area contributed by atoms with E-state index in [0.29, 0.717) is 5.02 Å². The Hall–Kier alpha value is -1.58. The Labute approximate surface area is 118 Å². The average Bonchev–Trinajstić information content (AvgIpc) is 2.47. The first kappa shape index (κ1) is 13.8.